The number of amides is 1. The first-order valence-electron chi connectivity index (χ1n) is 7.94. The molecule has 0 heterocycles. The Kier molecular flexibility index (Phi) is 5.50. The van der Waals surface area contributed by atoms with Gasteiger partial charge in [0.1, 0.15) is 5.75 Å². The molecule has 0 aromatic heterocycles. The first-order chi connectivity index (χ1) is 12.3. The zero-order chi connectivity index (χ0) is 20.6. The van der Waals surface area contributed by atoms with Crippen molar-refractivity contribution in [3.8, 4) is 5.75 Å². The fraction of sp³-hybridized carbons (Fsp3) is 0.316. The second kappa shape index (κ2) is 7.05. The van der Waals surface area contributed by atoms with Crippen LogP contribution in [0.5, 0.6) is 5.75 Å². The number of carbonyl (C=O) groups excluding carboxylic acids is 1. The van der Waals surface area contributed by atoms with Crippen LogP contribution in [0.2, 0.25) is 5.02 Å². The number of carbonyl (C=O) groups is 1. The molecule has 1 unspecified atom stereocenters. The third kappa shape index (κ3) is 4.20. The zero-order valence-electron chi connectivity index (χ0n) is 14.9. The first kappa shape index (κ1) is 21.1. The molecule has 1 amide bonds. The number of rotatable bonds is 3. The molecule has 27 heavy (non-hydrogen) atoms. The van der Waals surface area contributed by atoms with Gasteiger partial charge >= 0.3 is 12.3 Å². The normalized spacial score (nSPS) is 14.5. The van der Waals surface area contributed by atoms with Gasteiger partial charge in [0.15, 0.2) is 0 Å². The Morgan fingerprint density at radius 3 is 2.00 bits per heavy atom. The number of hydrogen-bond donors (Lipinski definition) is 2. The van der Waals surface area contributed by atoms with E-state index in [2.05, 4.69) is 0 Å². The Balaban J connectivity index is 2.74. The molecule has 146 valence electrons. The van der Waals surface area contributed by atoms with E-state index in [1.807, 2.05) is 0 Å². The number of nitrogens with two attached hydrogens (primary N) is 1. The lowest BCUT2D eigenvalue weighted by atomic mass is 9.80. The molecule has 0 fully saturated rings. The van der Waals surface area contributed by atoms with Crippen molar-refractivity contribution in [1.82, 2.24) is 0 Å². The average Bonchev–Trinajstić information content (AvgIpc) is 2.52. The minimum absolute atomic E-state index is 0.0272. The molecule has 4 nitrogen and oxygen atoms in total. The van der Waals surface area contributed by atoms with Gasteiger partial charge in [0.2, 0.25) is 5.60 Å². The molecule has 0 radical (unpaired) electrons. The second-order valence-electron chi connectivity index (χ2n) is 7.10. The molecule has 0 saturated heterocycles. The van der Waals surface area contributed by atoms with Gasteiger partial charge in [0.25, 0.3) is 0 Å². The third-order valence-electron chi connectivity index (χ3n) is 4.09. The van der Waals surface area contributed by atoms with Crippen molar-refractivity contribution in [3.63, 3.8) is 0 Å². The molecular formula is C19H19ClF3NO3. The fourth-order valence-electron chi connectivity index (χ4n) is 2.72. The summed E-state index contributed by atoms with van der Waals surface area (Å²) in [5, 5.41) is 11.0. The Morgan fingerprint density at radius 2 is 1.56 bits per heavy atom. The van der Waals surface area contributed by atoms with Gasteiger partial charge < -0.3 is 15.6 Å². The Bertz CT molecular complexity index is 845. The Morgan fingerprint density at radius 1 is 1.04 bits per heavy atom. The lowest BCUT2D eigenvalue weighted by Crippen LogP contribution is -2.43. The molecule has 0 aliphatic heterocycles. The summed E-state index contributed by atoms with van der Waals surface area (Å²) in [6, 6.07) is 8.16. The molecule has 0 aliphatic rings. The summed E-state index contributed by atoms with van der Waals surface area (Å²) in [7, 11) is 0. The summed E-state index contributed by atoms with van der Waals surface area (Å²) in [5.74, 6) is 0.0272. The molecule has 2 aromatic rings. The van der Waals surface area contributed by atoms with Crippen molar-refractivity contribution in [2.24, 2.45) is 5.73 Å². The van der Waals surface area contributed by atoms with E-state index in [0.717, 1.165) is 18.2 Å². The van der Waals surface area contributed by atoms with E-state index < -0.39 is 28.8 Å². The highest BCUT2D eigenvalue weighted by molar-refractivity contribution is 6.30. The second-order valence-corrected chi connectivity index (χ2v) is 7.53. The van der Waals surface area contributed by atoms with E-state index in [-0.39, 0.29) is 21.9 Å². The van der Waals surface area contributed by atoms with Crippen LogP contribution in [0.1, 0.15) is 37.5 Å². The lowest BCUT2D eigenvalue weighted by molar-refractivity contribution is -0.248. The molecule has 8 heteroatoms. The highest BCUT2D eigenvalue weighted by atomic mass is 35.5. The lowest BCUT2D eigenvalue weighted by Gasteiger charge is -2.33. The summed E-state index contributed by atoms with van der Waals surface area (Å²) in [6.07, 6.45) is -6.10. The van der Waals surface area contributed by atoms with Crippen molar-refractivity contribution in [2.75, 3.05) is 0 Å². The van der Waals surface area contributed by atoms with Gasteiger partial charge in [-0.15, -0.1) is 0 Å². The van der Waals surface area contributed by atoms with Crippen LogP contribution in [-0.2, 0) is 11.0 Å². The van der Waals surface area contributed by atoms with Crippen molar-refractivity contribution in [3.05, 3.63) is 64.2 Å². The number of ether oxygens (including phenoxy) is 1. The number of hydrogen-bond acceptors (Lipinski definition) is 3. The van der Waals surface area contributed by atoms with Crippen molar-refractivity contribution >= 4 is 17.7 Å². The van der Waals surface area contributed by atoms with Gasteiger partial charge in [-0.25, -0.2) is 4.79 Å². The van der Waals surface area contributed by atoms with Crippen molar-refractivity contribution < 1.29 is 27.8 Å². The van der Waals surface area contributed by atoms with Gasteiger partial charge in [-0.1, -0.05) is 50.6 Å². The highest BCUT2D eigenvalue weighted by Crippen LogP contribution is 2.46. The number of alkyl halides is 3. The summed E-state index contributed by atoms with van der Waals surface area (Å²) in [6.45, 7) is 5.19. The summed E-state index contributed by atoms with van der Waals surface area (Å²) in [5.41, 5.74) is 0.553. The molecule has 0 saturated carbocycles. The standard InChI is InChI=1S/C19H19ClF3NO3/c1-17(2,3)14-10-12(6-9-15(14)27-16(24)25)18(26,19(21,22)23)11-4-7-13(20)8-5-11/h4-10,26H,1-3H3,(H2,24,25). The van der Waals surface area contributed by atoms with Crippen LogP contribution in [0.15, 0.2) is 42.5 Å². The van der Waals surface area contributed by atoms with Crippen LogP contribution in [0, 0.1) is 0 Å². The predicted molar refractivity (Wildman–Crippen MR) is 95.9 cm³/mol. The zero-order valence-corrected chi connectivity index (χ0v) is 15.7. The van der Waals surface area contributed by atoms with Gasteiger partial charge in [-0.05, 0) is 40.8 Å². The molecule has 2 rings (SSSR count). The van der Waals surface area contributed by atoms with E-state index in [4.69, 9.17) is 22.1 Å². The van der Waals surface area contributed by atoms with Gasteiger partial charge in [0.05, 0.1) is 0 Å². The van der Waals surface area contributed by atoms with Crippen LogP contribution in [-0.4, -0.2) is 17.4 Å². The van der Waals surface area contributed by atoms with E-state index in [1.54, 1.807) is 20.8 Å². The van der Waals surface area contributed by atoms with Crippen molar-refractivity contribution in [2.45, 2.75) is 38.0 Å². The van der Waals surface area contributed by atoms with Crippen LogP contribution in [0.3, 0.4) is 0 Å². The van der Waals surface area contributed by atoms with E-state index in [0.29, 0.717) is 0 Å². The van der Waals surface area contributed by atoms with Gasteiger partial charge in [0, 0.05) is 10.6 Å². The molecule has 0 bridgehead atoms. The molecule has 1 atom stereocenters. The van der Waals surface area contributed by atoms with E-state index in [9.17, 15) is 23.1 Å². The molecular weight excluding hydrogens is 383 g/mol. The topological polar surface area (TPSA) is 72.6 Å². The predicted octanol–water partition coefficient (Wildman–Crippen LogP) is 4.89. The largest absolute Gasteiger partial charge is 0.425 e. The maximum atomic E-state index is 13.9. The maximum absolute atomic E-state index is 13.9. The van der Waals surface area contributed by atoms with Crippen molar-refractivity contribution in [1.29, 1.82) is 0 Å². The minimum Gasteiger partial charge on any atom is -0.410 e. The van der Waals surface area contributed by atoms with Crippen LogP contribution in [0.4, 0.5) is 18.0 Å². The van der Waals surface area contributed by atoms with E-state index >= 15 is 0 Å². The molecule has 0 aliphatic carbocycles. The van der Waals surface area contributed by atoms with Crippen LogP contribution < -0.4 is 10.5 Å². The first-order valence-corrected chi connectivity index (χ1v) is 8.32. The smallest absolute Gasteiger partial charge is 0.410 e. The van der Waals surface area contributed by atoms with E-state index in [1.165, 1.54) is 24.3 Å². The fourth-order valence-corrected chi connectivity index (χ4v) is 2.85. The number of benzene rings is 2. The average molecular weight is 402 g/mol. The highest BCUT2D eigenvalue weighted by Gasteiger charge is 2.56. The molecule has 3 N–H and O–H groups in total. The SMILES string of the molecule is CC(C)(C)c1cc(C(O)(c2ccc(Cl)cc2)C(F)(F)F)ccc1OC(N)=O. The number of aliphatic hydroxyl groups is 1. The summed E-state index contributed by atoms with van der Waals surface area (Å²) in [4.78, 5) is 11.1. The van der Waals surface area contributed by atoms with Crippen LogP contribution in [0.25, 0.3) is 0 Å². The van der Waals surface area contributed by atoms with Gasteiger partial charge in [-0.2, -0.15) is 13.2 Å². The number of primary amides is 1. The number of halogens is 4. The summed E-state index contributed by atoms with van der Waals surface area (Å²) < 4.78 is 46.7. The quantitative estimate of drug-likeness (QED) is 0.768. The molecule has 2 aromatic carbocycles. The Hall–Kier alpha value is -2.25. The van der Waals surface area contributed by atoms with Crippen LogP contribution >= 0.6 is 11.6 Å². The minimum atomic E-state index is -5.01. The monoisotopic (exact) mass is 401 g/mol. The Labute approximate surface area is 159 Å². The van der Waals surface area contributed by atoms with Gasteiger partial charge in [-0.3, -0.25) is 0 Å². The summed E-state index contributed by atoms with van der Waals surface area (Å²) >= 11 is 5.75. The third-order valence-corrected chi connectivity index (χ3v) is 4.34. The maximum Gasteiger partial charge on any atom is 0.425 e. The molecule has 0 spiro atoms.